The Morgan fingerprint density at radius 1 is 1.43 bits per heavy atom. The molecule has 0 saturated carbocycles. The fourth-order valence-corrected chi connectivity index (χ4v) is 2.33. The van der Waals surface area contributed by atoms with Crippen LogP contribution >= 0.6 is 23.4 Å². The number of hydrogen-bond donors (Lipinski definition) is 0. The minimum absolute atomic E-state index is 0.0484. The minimum Gasteiger partial charge on any atom is -0.295 e. The van der Waals surface area contributed by atoms with Crippen LogP contribution in [-0.4, -0.2) is 21.3 Å². The van der Waals surface area contributed by atoms with Crippen LogP contribution in [0, 0.1) is 0 Å². The average molecular weight is 325 g/mol. The van der Waals surface area contributed by atoms with Gasteiger partial charge in [0.25, 0.3) is 0 Å². The molecular weight excluding hydrogens is 312 g/mol. The summed E-state index contributed by atoms with van der Waals surface area (Å²) in [6.07, 6.45) is 0. The van der Waals surface area contributed by atoms with Crippen molar-refractivity contribution in [1.82, 2.24) is 9.72 Å². The van der Waals surface area contributed by atoms with Crippen molar-refractivity contribution >= 4 is 34.8 Å². The van der Waals surface area contributed by atoms with E-state index in [1.54, 1.807) is 36.6 Å². The highest BCUT2D eigenvalue weighted by atomic mass is 35.5. The molecule has 0 amide bonds. The van der Waals surface area contributed by atoms with Gasteiger partial charge in [-0.1, -0.05) is 23.7 Å². The van der Waals surface area contributed by atoms with Crippen LogP contribution in [-0.2, 0) is 0 Å². The van der Waals surface area contributed by atoms with Crippen LogP contribution < -0.4 is 5.76 Å². The van der Waals surface area contributed by atoms with Gasteiger partial charge in [0.1, 0.15) is 0 Å². The van der Waals surface area contributed by atoms with Gasteiger partial charge in [0, 0.05) is 16.3 Å². The highest BCUT2D eigenvalue weighted by Crippen LogP contribution is 2.15. The maximum absolute atomic E-state index is 12.4. The highest BCUT2D eigenvalue weighted by Gasteiger charge is 2.21. The first-order valence-electron chi connectivity index (χ1n) is 6.22. The normalized spacial score (nSPS) is 11.7. The topological polar surface area (TPSA) is 65.1 Å². The lowest BCUT2D eigenvalue weighted by molar-refractivity contribution is 0.102. The molecule has 0 spiro atoms. The Balaban J connectivity index is 2.43. The summed E-state index contributed by atoms with van der Waals surface area (Å²) >= 11 is 7.31. The van der Waals surface area contributed by atoms with E-state index < -0.39 is 11.5 Å². The molecule has 0 radical (unpaired) electrons. The summed E-state index contributed by atoms with van der Waals surface area (Å²) in [5.41, 5.74) is 0.975. The van der Waals surface area contributed by atoms with Crippen LogP contribution in [0.3, 0.4) is 0 Å². The van der Waals surface area contributed by atoms with Gasteiger partial charge < -0.3 is 0 Å². The fraction of sp³-hybridized carbons (Fsp3) is 0.214. The van der Waals surface area contributed by atoms with Crippen molar-refractivity contribution in [1.29, 1.82) is 0 Å². The SMILES string of the molecule is CCS/C=C(/C)n1c(C(=O)c2ccc(Cl)cc2)noc1=O. The van der Waals surface area contributed by atoms with Gasteiger partial charge >= 0.3 is 5.76 Å². The van der Waals surface area contributed by atoms with Gasteiger partial charge in [0.15, 0.2) is 0 Å². The number of hydrogen-bond acceptors (Lipinski definition) is 5. The molecule has 110 valence electrons. The van der Waals surface area contributed by atoms with Crippen molar-refractivity contribution < 1.29 is 9.32 Å². The van der Waals surface area contributed by atoms with Gasteiger partial charge in [0.05, 0.1) is 0 Å². The van der Waals surface area contributed by atoms with E-state index in [2.05, 4.69) is 9.68 Å². The summed E-state index contributed by atoms with van der Waals surface area (Å²) in [5.74, 6) is -0.269. The summed E-state index contributed by atoms with van der Waals surface area (Å²) in [4.78, 5) is 24.2. The number of carbonyl (C=O) groups is 1. The molecule has 0 fully saturated rings. The van der Waals surface area contributed by atoms with E-state index in [1.807, 2.05) is 6.92 Å². The number of benzene rings is 1. The Morgan fingerprint density at radius 2 is 2.10 bits per heavy atom. The van der Waals surface area contributed by atoms with Crippen LogP contribution in [0.15, 0.2) is 39.0 Å². The molecule has 1 aromatic carbocycles. The van der Waals surface area contributed by atoms with Crippen LogP contribution in [0.4, 0.5) is 0 Å². The number of allylic oxidation sites excluding steroid dienone is 1. The number of halogens is 1. The molecule has 1 aromatic heterocycles. The van der Waals surface area contributed by atoms with E-state index in [-0.39, 0.29) is 5.82 Å². The number of aromatic nitrogens is 2. The standard InChI is InChI=1S/C14H13ClN2O3S/c1-3-21-8-9(2)17-13(16-20-14(17)19)12(18)10-4-6-11(15)7-5-10/h4-8H,3H2,1-2H3/b9-8-. The lowest BCUT2D eigenvalue weighted by Crippen LogP contribution is -2.18. The summed E-state index contributed by atoms with van der Waals surface area (Å²) in [6, 6.07) is 6.36. The Kier molecular flexibility index (Phi) is 5.03. The molecule has 0 N–H and O–H groups in total. The number of rotatable bonds is 5. The van der Waals surface area contributed by atoms with Crippen molar-refractivity contribution in [2.45, 2.75) is 13.8 Å². The van der Waals surface area contributed by atoms with Gasteiger partial charge in [0.2, 0.25) is 11.6 Å². The van der Waals surface area contributed by atoms with E-state index >= 15 is 0 Å². The van der Waals surface area contributed by atoms with Crippen LogP contribution in [0.2, 0.25) is 5.02 Å². The first-order valence-corrected chi connectivity index (χ1v) is 7.65. The van der Waals surface area contributed by atoms with E-state index in [0.29, 0.717) is 16.3 Å². The Labute approximate surface area is 130 Å². The van der Waals surface area contributed by atoms with E-state index in [4.69, 9.17) is 11.6 Å². The summed E-state index contributed by atoms with van der Waals surface area (Å²) in [6.45, 7) is 3.71. The number of carbonyl (C=O) groups excluding carboxylic acids is 1. The van der Waals surface area contributed by atoms with Gasteiger partial charge in [-0.25, -0.2) is 9.36 Å². The van der Waals surface area contributed by atoms with Crippen LogP contribution in [0.1, 0.15) is 30.0 Å². The molecule has 5 nitrogen and oxygen atoms in total. The smallest absolute Gasteiger partial charge is 0.295 e. The summed E-state index contributed by atoms with van der Waals surface area (Å²) in [5, 5.41) is 5.90. The lowest BCUT2D eigenvalue weighted by Gasteiger charge is -2.04. The summed E-state index contributed by atoms with van der Waals surface area (Å²) in [7, 11) is 0. The maximum Gasteiger partial charge on any atom is 0.446 e. The van der Waals surface area contributed by atoms with Crippen LogP contribution in [0.25, 0.3) is 5.70 Å². The second-order valence-corrected chi connectivity index (χ2v) is 5.74. The van der Waals surface area contributed by atoms with Gasteiger partial charge in [-0.15, -0.1) is 11.8 Å². The molecule has 0 aliphatic carbocycles. The quantitative estimate of drug-likeness (QED) is 0.790. The monoisotopic (exact) mass is 324 g/mol. The Hall–Kier alpha value is -1.79. The van der Waals surface area contributed by atoms with E-state index in [9.17, 15) is 9.59 Å². The largest absolute Gasteiger partial charge is 0.446 e. The second-order valence-electron chi connectivity index (χ2n) is 4.16. The molecule has 0 atom stereocenters. The minimum atomic E-state index is -0.683. The van der Waals surface area contributed by atoms with E-state index in [1.165, 1.54) is 16.3 Å². The average Bonchev–Trinajstić information content (AvgIpc) is 2.86. The van der Waals surface area contributed by atoms with Gasteiger partial charge in [-0.2, -0.15) is 0 Å². The van der Waals surface area contributed by atoms with Gasteiger partial charge in [-0.05, 0) is 42.4 Å². The third kappa shape index (κ3) is 3.46. The molecule has 1 heterocycles. The van der Waals surface area contributed by atoms with E-state index in [0.717, 1.165) is 5.75 Å². The van der Waals surface area contributed by atoms with Crippen molar-refractivity contribution in [3.63, 3.8) is 0 Å². The first kappa shape index (κ1) is 15.6. The Bertz CT molecular complexity index is 731. The molecule has 0 bridgehead atoms. The predicted octanol–water partition coefficient (Wildman–Crippen LogP) is 3.29. The zero-order valence-corrected chi connectivity index (χ0v) is 13.1. The molecule has 7 heteroatoms. The third-order valence-electron chi connectivity index (χ3n) is 2.69. The van der Waals surface area contributed by atoms with Crippen molar-refractivity contribution in [2.75, 3.05) is 5.75 Å². The Morgan fingerprint density at radius 3 is 2.71 bits per heavy atom. The van der Waals surface area contributed by atoms with Gasteiger partial charge in [-0.3, -0.25) is 9.32 Å². The van der Waals surface area contributed by atoms with Crippen LogP contribution in [0.5, 0.6) is 0 Å². The molecule has 0 aliphatic heterocycles. The molecule has 0 saturated heterocycles. The molecule has 2 aromatic rings. The predicted molar refractivity (Wildman–Crippen MR) is 83.7 cm³/mol. The number of ketones is 1. The van der Waals surface area contributed by atoms with Crippen molar-refractivity contribution in [3.05, 3.63) is 56.6 Å². The molecule has 0 unspecified atom stereocenters. The highest BCUT2D eigenvalue weighted by molar-refractivity contribution is 8.02. The molecule has 2 rings (SSSR count). The summed E-state index contributed by atoms with van der Waals surface area (Å²) < 4.78 is 5.79. The molecule has 0 aliphatic rings. The fourth-order valence-electron chi connectivity index (χ4n) is 1.69. The third-order valence-corrected chi connectivity index (χ3v) is 3.78. The maximum atomic E-state index is 12.4. The zero-order chi connectivity index (χ0) is 15.4. The van der Waals surface area contributed by atoms with Crippen molar-refractivity contribution in [3.8, 4) is 0 Å². The number of thioether (sulfide) groups is 1. The number of nitrogens with zero attached hydrogens (tertiary/aromatic N) is 2. The van der Waals surface area contributed by atoms with Crippen molar-refractivity contribution in [2.24, 2.45) is 0 Å². The lowest BCUT2D eigenvalue weighted by atomic mass is 10.1. The molecular formula is C14H13ClN2O3S. The first-order chi connectivity index (χ1) is 10.0. The second kappa shape index (κ2) is 6.78. The molecule has 21 heavy (non-hydrogen) atoms. The zero-order valence-electron chi connectivity index (χ0n) is 11.5.